The summed E-state index contributed by atoms with van der Waals surface area (Å²) >= 11 is 18.3. The summed E-state index contributed by atoms with van der Waals surface area (Å²) in [6.45, 7) is 0. The van der Waals surface area contributed by atoms with Crippen LogP contribution >= 0.6 is 34.8 Å². The van der Waals surface area contributed by atoms with Gasteiger partial charge in [-0.25, -0.2) is 9.97 Å². The molecular formula is C20H14Cl3N7O5. The molecule has 1 aliphatic rings. The minimum Gasteiger partial charge on any atom is -0.478 e. The van der Waals surface area contributed by atoms with Crippen molar-refractivity contribution in [2.24, 2.45) is 0 Å². The van der Waals surface area contributed by atoms with Crippen molar-refractivity contribution in [3.05, 3.63) is 62.2 Å². The molecule has 0 fully saturated rings. The average Bonchev–Trinajstić information content (AvgIpc) is 3.48. The molecule has 2 aromatic heterocycles. The molecule has 0 bridgehead atoms. The van der Waals surface area contributed by atoms with Crippen LogP contribution in [0, 0.1) is 5.41 Å². The predicted octanol–water partition coefficient (Wildman–Crippen LogP) is 2.21. The summed E-state index contributed by atoms with van der Waals surface area (Å²) in [5.74, 6) is -3.17. The average molecular weight is 539 g/mol. The number of nitrogens with two attached hydrogens (primary N) is 2. The molecule has 35 heavy (non-hydrogen) atoms. The van der Waals surface area contributed by atoms with Gasteiger partial charge in [0.2, 0.25) is 5.96 Å². The number of nitrogen functional groups attached to an aromatic ring is 2. The molecule has 1 atom stereocenters. The van der Waals surface area contributed by atoms with E-state index < -0.39 is 29.7 Å². The van der Waals surface area contributed by atoms with Crippen molar-refractivity contribution < 1.29 is 23.5 Å². The summed E-state index contributed by atoms with van der Waals surface area (Å²) < 4.78 is 10.5. The lowest BCUT2D eigenvalue weighted by atomic mass is 10.0. The van der Waals surface area contributed by atoms with Gasteiger partial charge >= 0.3 is 0 Å². The highest BCUT2D eigenvalue weighted by Gasteiger charge is 2.34. The molecule has 4 rings (SSSR count). The van der Waals surface area contributed by atoms with Crippen LogP contribution in [0.15, 0.2) is 29.1 Å². The number of nitrogens with one attached hydrogen (secondary N) is 3. The SMILES string of the molecule is N=C(NC(=O)c1nc(Cl)c(N)nc1N)NC(=O)C1Cc2cc(C(=O)c3ccoc3)c(Cl)c(Cl)c2O1. The molecule has 0 saturated carbocycles. The maximum atomic E-state index is 12.7. The number of fused-ring (bicyclic) bond motifs is 1. The number of carbonyl (C=O) groups is 3. The Morgan fingerprint density at radius 3 is 2.51 bits per heavy atom. The summed E-state index contributed by atoms with van der Waals surface area (Å²) in [7, 11) is 0. The first-order chi connectivity index (χ1) is 16.6. The second kappa shape index (κ2) is 9.41. The molecule has 1 unspecified atom stereocenters. The van der Waals surface area contributed by atoms with E-state index in [0.29, 0.717) is 5.56 Å². The molecule has 1 aromatic carbocycles. The van der Waals surface area contributed by atoms with E-state index >= 15 is 0 Å². The number of hydrogen-bond acceptors (Lipinski definition) is 10. The van der Waals surface area contributed by atoms with E-state index in [4.69, 9.17) is 60.8 Å². The van der Waals surface area contributed by atoms with Crippen LogP contribution in [-0.4, -0.2) is 39.6 Å². The van der Waals surface area contributed by atoms with E-state index in [-0.39, 0.29) is 55.8 Å². The fraction of sp³-hybridized carbons (Fsp3) is 0.100. The van der Waals surface area contributed by atoms with E-state index in [2.05, 4.69) is 20.6 Å². The molecule has 12 nitrogen and oxygen atoms in total. The number of aromatic nitrogens is 2. The molecule has 15 heteroatoms. The van der Waals surface area contributed by atoms with Gasteiger partial charge in [-0.05, 0) is 12.1 Å². The van der Waals surface area contributed by atoms with E-state index in [1.54, 1.807) is 0 Å². The van der Waals surface area contributed by atoms with Gasteiger partial charge in [0.05, 0.1) is 16.8 Å². The van der Waals surface area contributed by atoms with Crippen LogP contribution in [0.25, 0.3) is 0 Å². The van der Waals surface area contributed by atoms with E-state index in [9.17, 15) is 14.4 Å². The number of anilines is 2. The van der Waals surface area contributed by atoms with Crippen LogP contribution in [-0.2, 0) is 11.2 Å². The first kappa shape index (κ1) is 24.3. The Kier molecular flexibility index (Phi) is 6.52. The molecule has 0 radical (unpaired) electrons. The number of carbonyl (C=O) groups excluding carboxylic acids is 3. The molecule has 3 aromatic rings. The van der Waals surface area contributed by atoms with Gasteiger partial charge in [0.15, 0.2) is 34.4 Å². The molecule has 0 saturated heterocycles. The van der Waals surface area contributed by atoms with Crippen molar-refractivity contribution in [2.45, 2.75) is 12.5 Å². The highest BCUT2D eigenvalue weighted by atomic mass is 35.5. The first-order valence-electron chi connectivity index (χ1n) is 9.60. The van der Waals surface area contributed by atoms with Crippen molar-refractivity contribution in [1.82, 2.24) is 20.6 Å². The fourth-order valence-electron chi connectivity index (χ4n) is 3.20. The molecule has 0 spiro atoms. The predicted molar refractivity (Wildman–Crippen MR) is 126 cm³/mol. The van der Waals surface area contributed by atoms with Crippen molar-refractivity contribution in [2.75, 3.05) is 11.5 Å². The number of halogens is 3. The monoisotopic (exact) mass is 537 g/mol. The fourth-order valence-corrected chi connectivity index (χ4v) is 3.82. The maximum Gasteiger partial charge on any atom is 0.280 e. The van der Waals surface area contributed by atoms with Crippen molar-refractivity contribution in [3.63, 3.8) is 0 Å². The van der Waals surface area contributed by atoms with Gasteiger partial charge in [-0.15, -0.1) is 0 Å². The molecular weight excluding hydrogens is 525 g/mol. The second-order valence-corrected chi connectivity index (χ2v) is 8.26. The smallest absolute Gasteiger partial charge is 0.280 e. The van der Waals surface area contributed by atoms with E-state index in [1.807, 2.05) is 0 Å². The van der Waals surface area contributed by atoms with Gasteiger partial charge in [-0.2, -0.15) is 0 Å². The molecule has 0 aliphatic carbocycles. The van der Waals surface area contributed by atoms with Crippen molar-refractivity contribution >= 4 is 70.0 Å². The summed E-state index contributed by atoms with van der Waals surface area (Å²) in [6.07, 6.45) is 1.52. The first-order valence-corrected chi connectivity index (χ1v) is 10.7. The second-order valence-electron chi connectivity index (χ2n) is 7.14. The highest BCUT2D eigenvalue weighted by molar-refractivity contribution is 6.45. The third-order valence-corrected chi connectivity index (χ3v) is 5.96. The summed E-state index contributed by atoms with van der Waals surface area (Å²) in [4.78, 5) is 45.0. The Bertz CT molecular complexity index is 1390. The summed E-state index contributed by atoms with van der Waals surface area (Å²) in [5, 5.41) is 11.8. The van der Waals surface area contributed by atoms with E-state index in [1.165, 1.54) is 24.7 Å². The van der Waals surface area contributed by atoms with Crippen molar-refractivity contribution in [1.29, 1.82) is 5.41 Å². The summed E-state index contributed by atoms with van der Waals surface area (Å²) in [5.41, 5.74) is 11.5. The standard InChI is InChI=1S/C20H14Cl3N7O5/c21-10-8(13(31)6-1-2-34-5-6)3-7-4-9(35-14(7)11(10)22)18(32)29-20(26)30-19(33)12-16(24)28-17(25)15(23)27-12/h1-3,5,9H,4H2,(H4,24,25,28)(H3,26,29,30,32,33). The lowest BCUT2D eigenvalue weighted by Crippen LogP contribution is -2.48. The van der Waals surface area contributed by atoms with Gasteiger partial charge < -0.3 is 20.6 Å². The van der Waals surface area contributed by atoms with Crippen LogP contribution in [0.2, 0.25) is 15.2 Å². The molecule has 2 amide bonds. The van der Waals surface area contributed by atoms with Crippen molar-refractivity contribution in [3.8, 4) is 5.75 Å². The maximum absolute atomic E-state index is 12.7. The Hall–Kier alpha value is -3.87. The number of benzene rings is 1. The number of hydrogen-bond donors (Lipinski definition) is 5. The zero-order valence-electron chi connectivity index (χ0n) is 17.3. The van der Waals surface area contributed by atoms with Crippen LogP contribution in [0.4, 0.5) is 11.6 Å². The summed E-state index contributed by atoms with van der Waals surface area (Å²) in [6, 6.07) is 2.95. The molecule has 180 valence electrons. The Morgan fingerprint density at radius 1 is 1.09 bits per heavy atom. The number of ketones is 1. The van der Waals surface area contributed by atoms with Gasteiger partial charge in [0.1, 0.15) is 17.0 Å². The third-order valence-electron chi connectivity index (χ3n) is 4.83. The Balaban J connectivity index is 1.44. The minimum atomic E-state index is -1.12. The quantitative estimate of drug-likeness (QED) is 0.188. The largest absolute Gasteiger partial charge is 0.478 e. The Morgan fingerprint density at radius 2 is 1.83 bits per heavy atom. The van der Waals surface area contributed by atoms with Crippen LogP contribution in [0.5, 0.6) is 5.75 Å². The number of furan rings is 1. The number of rotatable bonds is 4. The highest BCUT2D eigenvalue weighted by Crippen LogP contribution is 2.43. The topological polar surface area (TPSA) is 199 Å². The van der Waals surface area contributed by atoms with Gasteiger partial charge in [-0.1, -0.05) is 34.8 Å². The number of nitrogens with zero attached hydrogens (tertiary/aromatic N) is 2. The zero-order chi connectivity index (χ0) is 25.4. The normalized spacial score (nSPS) is 14.1. The van der Waals surface area contributed by atoms with Crippen LogP contribution < -0.4 is 26.8 Å². The van der Waals surface area contributed by atoms with Gasteiger partial charge in [0, 0.05) is 17.5 Å². The zero-order valence-corrected chi connectivity index (χ0v) is 19.6. The molecule has 7 N–H and O–H groups in total. The van der Waals surface area contributed by atoms with Crippen LogP contribution in [0.1, 0.15) is 32.0 Å². The molecule has 1 aliphatic heterocycles. The van der Waals surface area contributed by atoms with E-state index in [0.717, 1.165) is 0 Å². The minimum absolute atomic E-state index is 0.0247. The molecule has 3 heterocycles. The van der Waals surface area contributed by atoms with Crippen LogP contribution in [0.3, 0.4) is 0 Å². The number of ether oxygens (including phenoxy) is 1. The van der Waals surface area contributed by atoms with Gasteiger partial charge in [-0.3, -0.25) is 30.4 Å². The number of amides is 2. The lowest BCUT2D eigenvalue weighted by Gasteiger charge is -2.13. The third kappa shape index (κ3) is 4.71. The van der Waals surface area contributed by atoms with Gasteiger partial charge in [0.25, 0.3) is 11.8 Å². The lowest BCUT2D eigenvalue weighted by molar-refractivity contribution is -0.125. The Labute approximate surface area is 211 Å². The number of guanidine groups is 1.